The third kappa shape index (κ3) is 1.19. The standard InChI is InChI=1S/C7H12N4/c1-5(8)6-7(9-2)11(3)4-10-6/h4,9H,1,8H2,2-3H3. The summed E-state index contributed by atoms with van der Waals surface area (Å²) in [4.78, 5) is 4.06. The number of nitrogens with one attached hydrogen (secondary N) is 1. The lowest BCUT2D eigenvalue weighted by molar-refractivity contribution is 0.917. The Hall–Kier alpha value is -1.45. The highest BCUT2D eigenvalue weighted by atomic mass is 15.1. The molecule has 0 fully saturated rings. The van der Waals surface area contributed by atoms with Gasteiger partial charge in [-0.2, -0.15) is 0 Å². The summed E-state index contributed by atoms with van der Waals surface area (Å²) in [6.45, 7) is 3.61. The highest BCUT2D eigenvalue weighted by Gasteiger charge is 2.06. The van der Waals surface area contributed by atoms with Gasteiger partial charge in [0.1, 0.15) is 11.5 Å². The lowest BCUT2D eigenvalue weighted by atomic mass is 10.3. The van der Waals surface area contributed by atoms with E-state index in [1.807, 2.05) is 18.7 Å². The largest absolute Gasteiger partial charge is 0.397 e. The molecule has 0 unspecified atom stereocenters. The van der Waals surface area contributed by atoms with Gasteiger partial charge in [0, 0.05) is 14.1 Å². The van der Waals surface area contributed by atoms with Gasteiger partial charge in [0.2, 0.25) is 0 Å². The highest BCUT2D eigenvalue weighted by Crippen LogP contribution is 2.15. The molecule has 0 aromatic carbocycles. The van der Waals surface area contributed by atoms with E-state index in [1.165, 1.54) is 0 Å². The zero-order valence-corrected chi connectivity index (χ0v) is 6.76. The van der Waals surface area contributed by atoms with E-state index in [1.54, 1.807) is 6.33 Å². The number of nitrogens with zero attached hydrogens (tertiary/aromatic N) is 2. The van der Waals surface area contributed by atoms with Crippen molar-refractivity contribution in [2.75, 3.05) is 12.4 Å². The minimum absolute atomic E-state index is 0.481. The molecule has 0 aliphatic rings. The van der Waals surface area contributed by atoms with E-state index in [2.05, 4.69) is 16.9 Å². The van der Waals surface area contributed by atoms with Crippen molar-refractivity contribution >= 4 is 11.5 Å². The summed E-state index contributed by atoms with van der Waals surface area (Å²) in [5.74, 6) is 0.887. The minimum Gasteiger partial charge on any atom is -0.397 e. The number of imidazole rings is 1. The number of anilines is 1. The Morgan fingerprint density at radius 2 is 2.45 bits per heavy atom. The van der Waals surface area contributed by atoms with Gasteiger partial charge in [0.15, 0.2) is 0 Å². The van der Waals surface area contributed by atoms with Gasteiger partial charge in [-0.25, -0.2) is 4.98 Å². The number of hydrogen-bond donors (Lipinski definition) is 2. The summed E-state index contributed by atoms with van der Waals surface area (Å²) in [5, 5.41) is 2.98. The van der Waals surface area contributed by atoms with E-state index >= 15 is 0 Å². The van der Waals surface area contributed by atoms with Crippen molar-refractivity contribution in [2.45, 2.75) is 0 Å². The lowest BCUT2D eigenvalue weighted by Crippen LogP contribution is -2.02. The predicted octanol–water partition coefficient (Wildman–Crippen LogP) is 0.391. The van der Waals surface area contributed by atoms with Crippen molar-refractivity contribution in [3.63, 3.8) is 0 Å². The maximum atomic E-state index is 5.49. The van der Waals surface area contributed by atoms with Crippen LogP contribution in [-0.4, -0.2) is 16.6 Å². The van der Waals surface area contributed by atoms with Crippen LogP contribution in [0.5, 0.6) is 0 Å². The summed E-state index contributed by atoms with van der Waals surface area (Å²) < 4.78 is 1.85. The normalized spacial score (nSPS) is 9.64. The second-order valence-corrected chi connectivity index (χ2v) is 2.33. The molecule has 0 saturated carbocycles. The third-order valence-electron chi connectivity index (χ3n) is 1.48. The summed E-state index contributed by atoms with van der Waals surface area (Å²) in [7, 11) is 3.72. The molecule has 0 amide bonds. The van der Waals surface area contributed by atoms with Crippen LogP contribution < -0.4 is 11.1 Å². The summed E-state index contributed by atoms with van der Waals surface area (Å²) in [5.41, 5.74) is 6.69. The first-order valence-corrected chi connectivity index (χ1v) is 3.30. The molecule has 11 heavy (non-hydrogen) atoms. The monoisotopic (exact) mass is 152 g/mol. The second kappa shape index (κ2) is 2.65. The molecule has 0 radical (unpaired) electrons. The Morgan fingerprint density at radius 1 is 1.82 bits per heavy atom. The molecular weight excluding hydrogens is 140 g/mol. The lowest BCUT2D eigenvalue weighted by Gasteiger charge is -2.02. The SMILES string of the molecule is C=C(N)c1ncn(C)c1NC. The van der Waals surface area contributed by atoms with Crippen LogP contribution in [0.15, 0.2) is 12.9 Å². The number of rotatable bonds is 2. The zero-order chi connectivity index (χ0) is 8.43. The topological polar surface area (TPSA) is 55.9 Å². The Labute approximate surface area is 65.7 Å². The molecule has 1 aromatic heterocycles. The van der Waals surface area contributed by atoms with Gasteiger partial charge in [-0.3, -0.25) is 0 Å². The molecule has 60 valence electrons. The summed E-state index contributed by atoms with van der Waals surface area (Å²) in [6.07, 6.45) is 1.69. The molecule has 1 heterocycles. The van der Waals surface area contributed by atoms with Gasteiger partial charge in [0.25, 0.3) is 0 Å². The fourth-order valence-electron chi connectivity index (χ4n) is 0.960. The van der Waals surface area contributed by atoms with Crippen molar-refractivity contribution in [1.29, 1.82) is 0 Å². The van der Waals surface area contributed by atoms with Crippen molar-refractivity contribution < 1.29 is 0 Å². The number of nitrogens with two attached hydrogens (primary N) is 1. The van der Waals surface area contributed by atoms with Gasteiger partial charge >= 0.3 is 0 Å². The van der Waals surface area contributed by atoms with Gasteiger partial charge in [-0.15, -0.1) is 0 Å². The molecule has 1 aromatic rings. The highest BCUT2D eigenvalue weighted by molar-refractivity contribution is 5.67. The Bertz CT molecular complexity index is 274. The van der Waals surface area contributed by atoms with Gasteiger partial charge in [-0.05, 0) is 0 Å². The minimum atomic E-state index is 0.481. The fourth-order valence-corrected chi connectivity index (χ4v) is 0.960. The molecule has 0 bridgehead atoms. The number of aromatic nitrogens is 2. The van der Waals surface area contributed by atoms with Gasteiger partial charge in [0.05, 0.1) is 12.0 Å². The van der Waals surface area contributed by atoms with Crippen molar-refractivity contribution in [1.82, 2.24) is 9.55 Å². The molecule has 0 atom stereocenters. The number of aryl methyl sites for hydroxylation is 1. The maximum absolute atomic E-state index is 5.49. The van der Waals surface area contributed by atoms with Gasteiger partial charge in [-0.1, -0.05) is 6.58 Å². The Morgan fingerprint density at radius 3 is 2.82 bits per heavy atom. The molecule has 3 N–H and O–H groups in total. The maximum Gasteiger partial charge on any atom is 0.135 e. The second-order valence-electron chi connectivity index (χ2n) is 2.33. The van der Waals surface area contributed by atoms with Crippen LogP contribution >= 0.6 is 0 Å². The average molecular weight is 152 g/mol. The van der Waals surface area contributed by atoms with E-state index in [9.17, 15) is 0 Å². The quantitative estimate of drug-likeness (QED) is 0.644. The predicted molar refractivity (Wildman–Crippen MR) is 46.0 cm³/mol. The van der Waals surface area contributed by atoms with Crippen LogP contribution in [0.25, 0.3) is 5.70 Å². The molecule has 0 spiro atoms. The molecule has 4 heteroatoms. The average Bonchev–Trinajstić information content (AvgIpc) is 2.30. The molecular formula is C7H12N4. The van der Waals surface area contributed by atoms with Crippen molar-refractivity contribution in [3.8, 4) is 0 Å². The zero-order valence-electron chi connectivity index (χ0n) is 6.76. The Balaban J connectivity index is 3.15. The van der Waals surface area contributed by atoms with E-state index in [0.717, 1.165) is 11.5 Å². The van der Waals surface area contributed by atoms with Crippen LogP contribution in [-0.2, 0) is 7.05 Å². The molecule has 0 aliphatic carbocycles. The first-order valence-electron chi connectivity index (χ1n) is 3.30. The van der Waals surface area contributed by atoms with Crippen molar-refractivity contribution in [3.05, 3.63) is 18.6 Å². The smallest absolute Gasteiger partial charge is 0.135 e. The number of hydrogen-bond acceptors (Lipinski definition) is 3. The van der Waals surface area contributed by atoms with Crippen LogP contribution in [0.4, 0.5) is 5.82 Å². The van der Waals surface area contributed by atoms with Crippen LogP contribution in [0.1, 0.15) is 5.69 Å². The molecule has 0 aliphatic heterocycles. The first-order chi connectivity index (χ1) is 5.16. The molecule has 1 rings (SSSR count). The summed E-state index contributed by atoms with van der Waals surface area (Å²) in [6, 6.07) is 0. The first kappa shape index (κ1) is 7.65. The Kier molecular flexibility index (Phi) is 1.85. The summed E-state index contributed by atoms with van der Waals surface area (Å²) >= 11 is 0. The van der Waals surface area contributed by atoms with E-state index in [-0.39, 0.29) is 0 Å². The molecule has 0 saturated heterocycles. The van der Waals surface area contributed by atoms with E-state index in [0.29, 0.717) is 5.70 Å². The van der Waals surface area contributed by atoms with Gasteiger partial charge < -0.3 is 15.6 Å². The fraction of sp³-hybridized carbons (Fsp3) is 0.286. The van der Waals surface area contributed by atoms with E-state index < -0.39 is 0 Å². The molecule has 4 nitrogen and oxygen atoms in total. The van der Waals surface area contributed by atoms with Crippen LogP contribution in [0, 0.1) is 0 Å². The third-order valence-corrected chi connectivity index (χ3v) is 1.48. The van der Waals surface area contributed by atoms with E-state index in [4.69, 9.17) is 5.73 Å². The van der Waals surface area contributed by atoms with Crippen molar-refractivity contribution in [2.24, 2.45) is 12.8 Å². The van der Waals surface area contributed by atoms with Crippen LogP contribution in [0.2, 0.25) is 0 Å². The van der Waals surface area contributed by atoms with Crippen LogP contribution in [0.3, 0.4) is 0 Å².